The molecule has 0 saturated heterocycles. The van der Waals surface area contributed by atoms with E-state index in [1.165, 1.54) is 19.3 Å². The van der Waals surface area contributed by atoms with Crippen LogP contribution in [0, 0.1) is 6.42 Å². The average molecular weight is 155 g/mol. The molecule has 1 heteroatoms. The zero-order valence-corrected chi connectivity index (χ0v) is 7.89. The van der Waals surface area contributed by atoms with Gasteiger partial charge in [0.05, 0.1) is 11.7 Å². The molecule has 1 unspecified atom stereocenters. The van der Waals surface area contributed by atoms with E-state index < -0.39 is 0 Å². The molecule has 1 nitrogen and oxygen atoms in total. The van der Waals surface area contributed by atoms with Crippen molar-refractivity contribution in [1.82, 2.24) is 0 Å². The van der Waals surface area contributed by atoms with Gasteiger partial charge in [-0.05, 0) is 46.5 Å². The molecule has 1 aliphatic rings. The first-order chi connectivity index (χ1) is 5.08. The number of hydrogen-bond acceptors (Lipinski definition) is 1. The molecule has 0 aromatic heterocycles. The highest BCUT2D eigenvalue weighted by Crippen LogP contribution is 2.23. The lowest BCUT2D eigenvalue weighted by molar-refractivity contribution is -0.0674. The second kappa shape index (κ2) is 3.57. The Morgan fingerprint density at radius 1 is 1.36 bits per heavy atom. The second-order valence-corrected chi connectivity index (χ2v) is 4.31. The summed E-state index contributed by atoms with van der Waals surface area (Å²) in [5.41, 5.74) is 0.0375. The van der Waals surface area contributed by atoms with Gasteiger partial charge in [0.25, 0.3) is 0 Å². The summed E-state index contributed by atoms with van der Waals surface area (Å²) in [6.07, 6.45) is 7.82. The number of ether oxygens (including phenoxy) is 1. The Balaban J connectivity index is 2.24. The molecule has 0 amide bonds. The van der Waals surface area contributed by atoms with E-state index in [0.717, 1.165) is 6.42 Å². The Morgan fingerprint density at radius 2 is 2.09 bits per heavy atom. The highest BCUT2D eigenvalue weighted by atomic mass is 16.5. The van der Waals surface area contributed by atoms with Crippen LogP contribution in [0.25, 0.3) is 0 Å². The van der Waals surface area contributed by atoms with E-state index in [1.807, 2.05) is 0 Å². The Labute approximate surface area is 70.1 Å². The van der Waals surface area contributed by atoms with Crippen LogP contribution in [0.5, 0.6) is 0 Å². The first-order valence-corrected chi connectivity index (χ1v) is 4.57. The second-order valence-electron chi connectivity index (χ2n) is 4.31. The summed E-state index contributed by atoms with van der Waals surface area (Å²) in [4.78, 5) is 0. The van der Waals surface area contributed by atoms with E-state index in [4.69, 9.17) is 4.74 Å². The van der Waals surface area contributed by atoms with Crippen molar-refractivity contribution in [2.24, 2.45) is 0 Å². The normalized spacial score (nSPS) is 22.1. The monoisotopic (exact) mass is 155 g/mol. The van der Waals surface area contributed by atoms with Crippen LogP contribution in [0.3, 0.4) is 0 Å². The first kappa shape index (κ1) is 9.05. The van der Waals surface area contributed by atoms with Gasteiger partial charge in [-0.1, -0.05) is 6.42 Å². The molecule has 11 heavy (non-hydrogen) atoms. The lowest BCUT2D eigenvalue weighted by Crippen LogP contribution is -2.28. The highest BCUT2D eigenvalue weighted by molar-refractivity contribution is 4.79. The Bertz CT molecular complexity index is 107. The molecule has 1 atom stereocenters. The summed E-state index contributed by atoms with van der Waals surface area (Å²) in [6, 6.07) is 0. The number of rotatable bonds is 1. The van der Waals surface area contributed by atoms with Gasteiger partial charge in [0, 0.05) is 0 Å². The van der Waals surface area contributed by atoms with Crippen LogP contribution in [-0.2, 0) is 4.74 Å². The minimum absolute atomic E-state index is 0.0375. The summed E-state index contributed by atoms with van der Waals surface area (Å²) in [5.74, 6) is 0. The predicted octanol–water partition coefficient (Wildman–Crippen LogP) is 2.95. The molecular formula is C10H19O. The quantitative estimate of drug-likeness (QED) is 0.565. The van der Waals surface area contributed by atoms with Crippen molar-refractivity contribution < 1.29 is 4.74 Å². The Kier molecular flexibility index (Phi) is 2.94. The molecule has 0 aromatic rings. The van der Waals surface area contributed by atoms with Crippen LogP contribution in [0.1, 0.15) is 46.5 Å². The summed E-state index contributed by atoms with van der Waals surface area (Å²) >= 11 is 0. The van der Waals surface area contributed by atoms with E-state index in [-0.39, 0.29) is 5.60 Å². The maximum Gasteiger partial charge on any atom is 0.0602 e. The van der Waals surface area contributed by atoms with E-state index in [9.17, 15) is 0 Å². The van der Waals surface area contributed by atoms with E-state index in [0.29, 0.717) is 6.10 Å². The van der Waals surface area contributed by atoms with Crippen LogP contribution >= 0.6 is 0 Å². The van der Waals surface area contributed by atoms with Crippen molar-refractivity contribution in [1.29, 1.82) is 0 Å². The van der Waals surface area contributed by atoms with Crippen LogP contribution < -0.4 is 0 Å². The standard InChI is InChI=1S/C10H19O/c1-10(2,3)11-9-7-5-4-6-8-9/h5,9H,4,6-8H2,1-3H3. The van der Waals surface area contributed by atoms with Gasteiger partial charge in [0.1, 0.15) is 0 Å². The largest absolute Gasteiger partial charge is 0.373 e. The van der Waals surface area contributed by atoms with Crippen LogP contribution in [0.2, 0.25) is 0 Å². The van der Waals surface area contributed by atoms with Gasteiger partial charge in [0.15, 0.2) is 0 Å². The molecule has 0 bridgehead atoms. The van der Waals surface area contributed by atoms with Crippen molar-refractivity contribution in [3.8, 4) is 0 Å². The van der Waals surface area contributed by atoms with Crippen molar-refractivity contribution in [3.05, 3.63) is 6.42 Å². The van der Waals surface area contributed by atoms with Crippen LogP contribution in [-0.4, -0.2) is 11.7 Å². The molecule has 1 radical (unpaired) electrons. The van der Waals surface area contributed by atoms with Crippen molar-refractivity contribution in [3.63, 3.8) is 0 Å². The Morgan fingerprint density at radius 3 is 2.55 bits per heavy atom. The molecule has 0 N–H and O–H groups in total. The highest BCUT2D eigenvalue weighted by Gasteiger charge is 2.20. The van der Waals surface area contributed by atoms with Crippen LogP contribution in [0.4, 0.5) is 0 Å². The molecule has 0 aliphatic heterocycles. The third-order valence-electron chi connectivity index (χ3n) is 1.88. The topological polar surface area (TPSA) is 9.23 Å². The molecule has 0 aromatic carbocycles. The van der Waals surface area contributed by atoms with Gasteiger partial charge in [0.2, 0.25) is 0 Å². The third kappa shape index (κ3) is 3.76. The van der Waals surface area contributed by atoms with Gasteiger partial charge in [-0.2, -0.15) is 0 Å². The minimum Gasteiger partial charge on any atom is -0.373 e. The smallest absolute Gasteiger partial charge is 0.0602 e. The van der Waals surface area contributed by atoms with Gasteiger partial charge >= 0.3 is 0 Å². The zero-order valence-electron chi connectivity index (χ0n) is 7.89. The molecule has 65 valence electrons. The maximum absolute atomic E-state index is 5.85. The molecule has 1 rings (SSSR count). The summed E-state index contributed by atoms with van der Waals surface area (Å²) in [6.45, 7) is 6.38. The molecule has 1 saturated carbocycles. The fourth-order valence-electron chi connectivity index (χ4n) is 1.52. The fraction of sp³-hybridized carbons (Fsp3) is 0.900. The average Bonchev–Trinajstić information content (AvgIpc) is 1.85. The first-order valence-electron chi connectivity index (χ1n) is 4.57. The Hall–Kier alpha value is -0.0400. The lowest BCUT2D eigenvalue weighted by Gasteiger charge is -2.29. The maximum atomic E-state index is 5.85. The van der Waals surface area contributed by atoms with Crippen molar-refractivity contribution in [2.45, 2.75) is 58.2 Å². The predicted molar refractivity (Wildman–Crippen MR) is 47.4 cm³/mol. The molecule has 1 fully saturated rings. The fourth-order valence-corrected chi connectivity index (χ4v) is 1.52. The van der Waals surface area contributed by atoms with Gasteiger partial charge < -0.3 is 4.74 Å². The van der Waals surface area contributed by atoms with Crippen LogP contribution in [0.15, 0.2) is 0 Å². The number of hydrogen-bond donors (Lipinski definition) is 0. The van der Waals surface area contributed by atoms with Gasteiger partial charge in [-0.15, -0.1) is 0 Å². The zero-order chi connectivity index (χ0) is 8.32. The summed E-state index contributed by atoms with van der Waals surface area (Å²) in [5, 5.41) is 0. The summed E-state index contributed by atoms with van der Waals surface area (Å²) < 4.78 is 5.85. The van der Waals surface area contributed by atoms with E-state index >= 15 is 0 Å². The van der Waals surface area contributed by atoms with Crippen molar-refractivity contribution >= 4 is 0 Å². The SMILES string of the molecule is CC(C)(C)OC1C[CH]CCC1. The molecule has 1 aliphatic carbocycles. The van der Waals surface area contributed by atoms with E-state index in [1.54, 1.807) is 0 Å². The summed E-state index contributed by atoms with van der Waals surface area (Å²) in [7, 11) is 0. The lowest BCUT2D eigenvalue weighted by atomic mass is 9.97. The molecule has 0 spiro atoms. The van der Waals surface area contributed by atoms with Gasteiger partial charge in [-0.3, -0.25) is 0 Å². The van der Waals surface area contributed by atoms with E-state index in [2.05, 4.69) is 27.2 Å². The molecule has 0 heterocycles. The van der Waals surface area contributed by atoms with Crippen molar-refractivity contribution in [2.75, 3.05) is 0 Å². The third-order valence-corrected chi connectivity index (χ3v) is 1.88. The van der Waals surface area contributed by atoms with Gasteiger partial charge in [-0.25, -0.2) is 0 Å². The molecular weight excluding hydrogens is 136 g/mol. The minimum atomic E-state index is 0.0375.